The minimum atomic E-state index is -0.470. The predicted molar refractivity (Wildman–Crippen MR) is 73.1 cm³/mol. The average molecular weight is 281 g/mol. The van der Waals surface area contributed by atoms with Gasteiger partial charge in [0.1, 0.15) is 6.54 Å². The van der Waals surface area contributed by atoms with Crippen LogP contribution in [0.15, 0.2) is 18.2 Å². The molecule has 110 valence electrons. The van der Waals surface area contributed by atoms with Gasteiger partial charge in [-0.05, 0) is 19.1 Å². The fourth-order valence-corrected chi connectivity index (χ4v) is 1.77. The molecule has 0 aliphatic rings. The van der Waals surface area contributed by atoms with Gasteiger partial charge >= 0.3 is 5.97 Å². The Labute approximate surface area is 118 Å². The summed E-state index contributed by atoms with van der Waals surface area (Å²) >= 11 is 0. The summed E-state index contributed by atoms with van der Waals surface area (Å²) in [6, 6.07) is 5.02. The van der Waals surface area contributed by atoms with Crippen LogP contribution in [0.5, 0.6) is 11.5 Å². The number of rotatable bonds is 6. The molecule has 6 nitrogen and oxygen atoms in total. The highest BCUT2D eigenvalue weighted by Gasteiger charge is 2.22. The van der Waals surface area contributed by atoms with E-state index in [0.29, 0.717) is 23.6 Å². The summed E-state index contributed by atoms with van der Waals surface area (Å²) in [6.07, 6.45) is 0. The van der Waals surface area contributed by atoms with Crippen molar-refractivity contribution in [1.82, 2.24) is 4.90 Å². The number of hydrogen-bond donors (Lipinski definition) is 0. The van der Waals surface area contributed by atoms with Crippen molar-refractivity contribution in [2.75, 3.05) is 34.4 Å². The van der Waals surface area contributed by atoms with Crippen molar-refractivity contribution in [2.24, 2.45) is 0 Å². The molecule has 0 bridgehead atoms. The molecule has 0 spiro atoms. The first kappa shape index (κ1) is 15.8. The van der Waals surface area contributed by atoms with Crippen LogP contribution >= 0.6 is 0 Å². The standard InChI is InChI=1S/C14H19NO5/c1-5-15(9-12(16)19-3)14(17)10-7-6-8-11(18-2)13(10)20-4/h6-8H,5,9H2,1-4H3. The Hall–Kier alpha value is -2.24. The molecule has 1 aromatic rings. The van der Waals surface area contributed by atoms with Gasteiger partial charge in [-0.15, -0.1) is 0 Å². The topological polar surface area (TPSA) is 65.1 Å². The van der Waals surface area contributed by atoms with Crippen LogP contribution in [0, 0.1) is 0 Å². The van der Waals surface area contributed by atoms with Crippen molar-refractivity contribution in [2.45, 2.75) is 6.92 Å². The fraction of sp³-hybridized carbons (Fsp3) is 0.429. The average Bonchev–Trinajstić information content (AvgIpc) is 2.50. The summed E-state index contributed by atoms with van der Waals surface area (Å²) in [5, 5.41) is 0. The molecule has 20 heavy (non-hydrogen) atoms. The van der Waals surface area contributed by atoms with Crippen LogP contribution in [0.1, 0.15) is 17.3 Å². The second kappa shape index (κ2) is 7.37. The van der Waals surface area contributed by atoms with E-state index in [1.54, 1.807) is 25.1 Å². The van der Waals surface area contributed by atoms with Crippen molar-refractivity contribution in [3.8, 4) is 11.5 Å². The number of carbonyl (C=O) groups is 2. The third-order valence-corrected chi connectivity index (χ3v) is 2.85. The molecule has 1 amide bonds. The van der Waals surface area contributed by atoms with Gasteiger partial charge in [0.05, 0.1) is 26.9 Å². The number of benzene rings is 1. The molecule has 0 fully saturated rings. The van der Waals surface area contributed by atoms with E-state index in [0.717, 1.165) is 0 Å². The number of esters is 1. The van der Waals surface area contributed by atoms with Crippen molar-refractivity contribution >= 4 is 11.9 Å². The van der Waals surface area contributed by atoms with E-state index in [1.165, 1.54) is 26.2 Å². The first-order chi connectivity index (χ1) is 9.58. The molecule has 0 heterocycles. The Kier molecular flexibility index (Phi) is 5.83. The molecule has 6 heteroatoms. The maximum absolute atomic E-state index is 12.5. The molecule has 0 aliphatic carbocycles. The van der Waals surface area contributed by atoms with Gasteiger partial charge in [-0.3, -0.25) is 9.59 Å². The molecule has 0 aliphatic heterocycles. The molecular formula is C14H19NO5. The summed E-state index contributed by atoms with van der Waals surface area (Å²) in [5.74, 6) is 0.0338. The third kappa shape index (κ3) is 3.40. The minimum Gasteiger partial charge on any atom is -0.493 e. The van der Waals surface area contributed by atoms with E-state index in [4.69, 9.17) is 9.47 Å². The number of carbonyl (C=O) groups excluding carboxylic acids is 2. The molecule has 1 aromatic carbocycles. The smallest absolute Gasteiger partial charge is 0.325 e. The van der Waals surface area contributed by atoms with E-state index in [9.17, 15) is 9.59 Å². The van der Waals surface area contributed by atoms with Gasteiger partial charge in [0.25, 0.3) is 5.91 Å². The molecule has 0 radical (unpaired) electrons. The van der Waals surface area contributed by atoms with Crippen LogP contribution in [-0.4, -0.2) is 51.2 Å². The van der Waals surface area contributed by atoms with Gasteiger partial charge < -0.3 is 19.1 Å². The summed E-state index contributed by atoms with van der Waals surface area (Å²) in [5.41, 5.74) is 0.345. The third-order valence-electron chi connectivity index (χ3n) is 2.85. The Morgan fingerprint density at radius 3 is 2.35 bits per heavy atom. The maximum Gasteiger partial charge on any atom is 0.325 e. The fourth-order valence-electron chi connectivity index (χ4n) is 1.77. The maximum atomic E-state index is 12.5. The molecule has 0 atom stereocenters. The summed E-state index contributed by atoms with van der Waals surface area (Å²) in [6.45, 7) is 2.06. The van der Waals surface area contributed by atoms with Crippen molar-refractivity contribution < 1.29 is 23.8 Å². The Morgan fingerprint density at radius 2 is 1.85 bits per heavy atom. The highest BCUT2D eigenvalue weighted by Crippen LogP contribution is 2.31. The number of amides is 1. The predicted octanol–water partition coefficient (Wildman–Crippen LogP) is 1.34. The van der Waals surface area contributed by atoms with Gasteiger partial charge in [0.2, 0.25) is 0 Å². The van der Waals surface area contributed by atoms with Crippen molar-refractivity contribution in [1.29, 1.82) is 0 Å². The zero-order valence-corrected chi connectivity index (χ0v) is 12.1. The zero-order valence-electron chi connectivity index (χ0n) is 12.1. The van der Waals surface area contributed by atoms with E-state index in [1.807, 2.05) is 0 Å². The first-order valence-corrected chi connectivity index (χ1v) is 6.16. The summed E-state index contributed by atoms with van der Waals surface area (Å²) < 4.78 is 15.0. The minimum absolute atomic E-state index is 0.105. The lowest BCUT2D eigenvalue weighted by Gasteiger charge is -2.21. The van der Waals surface area contributed by atoms with Crippen molar-refractivity contribution in [3.05, 3.63) is 23.8 Å². The summed E-state index contributed by atoms with van der Waals surface area (Å²) in [4.78, 5) is 25.2. The Bertz CT molecular complexity index is 486. The zero-order chi connectivity index (χ0) is 15.1. The highest BCUT2D eigenvalue weighted by molar-refractivity contribution is 5.99. The number of methoxy groups -OCH3 is 3. The van der Waals surface area contributed by atoms with Gasteiger partial charge in [-0.2, -0.15) is 0 Å². The van der Waals surface area contributed by atoms with E-state index in [2.05, 4.69) is 4.74 Å². The molecule has 0 unspecified atom stereocenters. The molecule has 1 rings (SSSR count). The van der Waals surface area contributed by atoms with Crippen LogP contribution in [0.3, 0.4) is 0 Å². The Balaban J connectivity index is 3.09. The quantitative estimate of drug-likeness (QED) is 0.736. The van der Waals surface area contributed by atoms with E-state index in [-0.39, 0.29) is 12.5 Å². The van der Waals surface area contributed by atoms with E-state index >= 15 is 0 Å². The van der Waals surface area contributed by atoms with Gasteiger partial charge in [-0.1, -0.05) is 6.07 Å². The van der Waals surface area contributed by atoms with Crippen LogP contribution in [0.4, 0.5) is 0 Å². The van der Waals surface area contributed by atoms with Crippen LogP contribution < -0.4 is 9.47 Å². The van der Waals surface area contributed by atoms with Crippen LogP contribution in [0.25, 0.3) is 0 Å². The molecule has 0 saturated carbocycles. The second-order valence-electron chi connectivity index (χ2n) is 3.94. The SMILES string of the molecule is CCN(CC(=O)OC)C(=O)c1cccc(OC)c1OC. The number of likely N-dealkylation sites (N-methyl/N-ethyl adjacent to an activating group) is 1. The highest BCUT2D eigenvalue weighted by atomic mass is 16.5. The number of para-hydroxylation sites is 1. The van der Waals surface area contributed by atoms with E-state index < -0.39 is 5.97 Å². The molecule has 0 saturated heterocycles. The lowest BCUT2D eigenvalue weighted by molar-refractivity contribution is -0.141. The lowest BCUT2D eigenvalue weighted by atomic mass is 10.1. The van der Waals surface area contributed by atoms with Gasteiger partial charge in [-0.25, -0.2) is 0 Å². The van der Waals surface area contributed by atoms with Crippen LogP contribution in [0.2, 0.25) is 0 Å². The lowest BCUT2D eigenvalue weighted by Crippen LogP contribution is -2.36. The normalized spacial score (nSPS) is 9.80. The number of ether oxygens (including phenoxy) is 3. The molecule has 0 aromatic heterocycles. The molecule has 0 N–H and O–H groups in total. The first-order valence-electron chi connectivity index (χ1n) is 6.16. The molecular weight excluding hydrogens is 262 g/mol. The monoisotopic (exact) mass is 281 g/mol. The number of hydrogen-bond acceptors (Lipinski definition) is 5. The van der Waals surface area contributed by atoms with Crippen molar-refractivity contribution in [3.63, 3.8) is 0 Å². The van der Waals surface area contributed by atoms with Gasteiger partial charge in [0.15, 0.2) is 11.5 Å². The largest absolute Gasteiger partial charge is 0.493 e. The van der Waals surface area contributed by atoms with Crippen LogP contribution in [-0.2, 0) is 9.53 Å². The summed E-state index contributed by atoms with van der Waals surface area (Å²) in [7, 11) is 4.25. The Morgan fingerprint density at radius 1 is 1.15 bits per heavy atom. The van der Waals surface area contributed by atoms with Gasteiger partial charge in [0, 0.05) is 6.54 Å². The number of nitrogens with zero attached hydrogens (tertiary/aromatic N) is 1. The second-order valence-corrected chi connectivity index (χ2v) is 3.94.